The van der Waals surface area contributed by atoms with Crippen LogP contribution in [0.25, 0.3) is 11.0 Å². The number of fused-ring (bicyclic) bond motifs is 1. The van der Waals surface area contributed by atoms with E-state index >= 15 is 0 Å². The van der Waals surface area contributed by atoms with E-state index in [9.17, 15) is 0 Å². The van der Waals surface area contributed by atoms with E-state index in [0.29, 0.717) is 31.5 Å². The van der Waals surface area contributed by atoms with Gasteiger partial charge in [0.05, 0.1) is 26.9 Å². The highest BCUT2D eigenvalue weighted by molar-refractivity contribution is 5.79. The molecule has 0 bridgehead atoms. The molecule has 0 N–H and O–H groups in total. The molecular formula is C17H19N3O4. The van der Waals surface area contributed by atoms with Crippen LogP contribution in [0.2, 0.25) is 0 Å². The summed E-state index contributed by atoms with van der Waals surface area (Å²) in [7, 11) is 1.66. The molecule has 4 rings (SSSR count). The van der Waals surface area contributed by atoms with Crippen LogP contribution in [0.5, 0.6) is 5.75 Å². The quantitative estimate of drug-likeness (QED) is 0.728. The Bertz CT molecular complexity index is 841. The van der Waals surface area contributed by atoms with Gasteiger partial charge in [-0.15, -0.1) is 0 Å². The van der Waals surface area contributed by atoms with Crippen molar-refractivity contribution in [3.8, 4) is 5.75 Å². The molecule has 0 spiro atoms. The van der Waals surface area contributed by atoms with Crippen molar-refractivity contribution in [3.05, 3.63) is 41.7 Å². The Morgan fingerprint density at radius 2 is 2.25 bits per heavy atom. The van der Waals surface area contributed by atoms with Gasteiger partial charge in [-0.1, -0.05) is 5.16 Å². The minimum atomic E-state index is -0.0531. The van der Waals surface area contributed by atoms with Gasteiger partial charge >= 0.3 is 0 Å². The zero-order valence-corrected chi connectivity index (χ0v) is 13.7. The second-order valence-corrected chi connectivity index (χ2v) is 5.86. The third-order valence-electron chi connectivity index (χ3n) is 4.20. The van der Waals surface area contributed by atoms with Crippen molar-refractivity contribution in [3.63, 3.8) is 0 Å². The molecule has 1 aliphatic heterocycles. The number of aromatic nitrogens is 2. The fraction of sp³-hybridized carbons (Fsp3) is 0.412. The minimum Gasteiger partial charge on any atom is -0.497 e. The fourth-order valence-electron chi connectivity index (χ4n) is 2.98. The van der Waals surface area contributed by atoms with Crippen molar-refractivity contribution in [2.75, 3.05) is 26.9 Å². The summed E-state index contributed by atoms with van der Waals surface area (Å²) in [4.78, 5) is 6.59. The average Bonchev–Trinajstić information content (AvgIpc) is 3.20. The molecule has 2 aromatic heterocycles. The topological polar surface area (TPSA) is 73.8 Å². The number of morpholine rings is 1. The molecule has 0 aliphatic carbocycles. The summed E-state index contributed by atoms with van der Waals surface area (Å²) in [6, 6.07) is 7.79. The van der Waals surface area contributed by atoms with Crippen LogP contribution in [0.4, 0.5) is 0 Å². The number of rotatable bonds is 4. The van der Waals surface area contributed by atoms with Crippen molar-refractivity contribution in [2.45, 2.75) is 19.5 Å². The molecule has 3 heterocycles. The van der Waals surface area contributed by atoms with Crippen molar-refractivity contribution in [1.82, 2.24) is 15.0 Å². The van der Waals surface area contributed by atoms with Gasteiger partial charge in [0.2, 0.25) is 5.89 Å². The predicted molar refractivity (Wildman–Crippen MR) is 85.8 cm³/mol. The molecule has 1 fully saturated rings. The standard InChI is InChI=1S/C17H19N3O4/c1-11-18-17(24-19-11)15-10-22-6-5-20(15)9-14-8-12-7-13(21-2)3-4-16(12)23-14/h3-4,7-8,15H,5-6,9-10H2,1-2H3. The van der Waals surface area contributed by atoms with Gasteiger partial charge in [-0.2, -0.15) is 4.98 Å². The smallest absolute Gasteiger partial charge is 0.246 e. The first-order valence-corrected chi connectivity index (χ1v) is 7.91. The molecule has 1 atom stereocenters. The monoisotopic (exact) mass is 329 g/mol. The zero-order chi connectivity index (χ0) is 16.5. The molecule has 7 nitrogen and oxygen atoms in total. The Labute approximate surface area is 139 Å². The first kappa shape index (κ1) is 15.2. The van der Waals surface area contributed by atoms with Crippen molar-refractivity contribution in [1.29, 1.82) is 0 Å². The molecule has 1 saturated heterocycles. The first-order valence-electron chi connectivity index (χ1n) is 7.91. The molecule has 0 amide bonds. The van der Waals surface area contributed by atoms with Gasteiger partial charge in [0.1, 0.15) is 23.1 Å². The molecule has 7 heteroatoms. The van der Waals surface area contributed by atoms with Crippen LogP contribution in [0, 0.1) is 6.92 Å². The Balaban J connectivity index is 1.58. The van der Waals surface area contributed by atoms with E-state index < -0.39 is 0 Å². The van der Waals surface area contributed by atoms with Crippen LogP contribution in [-0.4, -0.2) is 41.9 Å². The third-order valence-corrected chi connectivity index (χ3v) is 4.20. The zero-order valence-electron chi connectivity index (χ0n) is 13.7. The lowest BCUT2D eigenvalue weighted by molar-refractivity contribution is -0.0264. The molecule has 0 saturated carbocycles. The number of ether oxygens (including phenoxy) is 2. The van der Waals surface area contributed by atoms with Gasteiger partial charge in [-0.3, -0.25) is 4.90 Å². The maximum absolute atomic E-state index is 5.96. The van der Waals surface area contributed by atoms with Crippen LogP contribution in [0.15, 0.2) is 33.2 Å². The Kier molecular flexibility index (Phi) is 3.95. The average molecular weight is 329 g/mol. The molecule has 126 valence electrons. The number of nitrogens with zero attached hydrogens (tertiary/aromatic N) is 3. The van der Waals surface area contributed by atoms with Crippen molar-refractivity contribution < 1.29 is 18.4 Å². The largest absolute Gasteiger partial charge is 0.497 e. The highest BCUT2D eigenvalue weighted by atomic mass is 16.5. The van der Waals surface area contributed by atoms with E-state index in [4.69, 9.17) is 18.4 Å². The molecular weight excluding hydrogens is 310 g/mol. The predicted octanol–water partition coefficient (Wildman–Crippen LogP) is 2.71. The third kappa shape index (κ3) is 2.88. The second-order valence-electron chi connectivity index (χ2n) is 5.86. The van der Waals surface area contributed by atoms with Gasteiger partial charge < -0.3 is 18.4 Å². The number of hydrogen-bond acceptors (Lipinski definition) is 7. The normalized spacial score (nSPS) is 19.0. The van der Waals surface area contributed by atoms with Gasteiger partial charge in [0.15, 0.2) is 5.82 Å². The second kappa shape index (κ2) is 6.26. The summed E-state index contributed by atoms with van der Waals surface area (Å²) in [5.74, 6) is 2.93. The first-order chi connectivity index (χ1) is 11.7. The molecule has 1 unspecified atom stereocenters. The Morgan fingerprint density at radius 1 is 1.33 bits per heavy atom. The van der Waals surface area contributed by atoms with Gasteiger partial charge in [0, 0.05) is 11.9 Å². The summed E-state index contributed by atoms with van der Waals surface area (Å²) >= 11 is 0. The van der Waals surface area contributed by atoms with Gasteiger partial charge in [-0.25, -0.2) is 0 Å². The maximum Gasteiger partial charge on any atom is 0.246 e. The number of benzene rings is 1. The van der Waals surface area contributed by atoms with Gasteiger partial charge in [-0.05, 0) is 31.2 Å². The number of hydrogen-bond donors (Lipinski definition) is 0. The lowest BCUT2D eigenvalue weighted by Gasteiger charge is -2.32. The maximum atomic E-state index is 5.96. The number of furan rings is 1. The summed E-state index contributed by atoms with van der Waals surface area (Å²) in [5, 5.41) is 4.91. The number of aryl methyl sites for hydroxylation is 1. The SMILES string of the molecule is COc1ccc2oc(CN3CCOCC3c3nc(C)no3)cc2c1. The van der Waals surface area contributed by atoms with E-state index in [1.54, 1.807) is 7.11 Å². The van der Waals surface area contributed by atoms with Crippen LogP contribution < -0.4 is 4.74 Å². The summed E-state index contributed by atoms with van der Waals surface area (Å²) in [6.07, 6.45) is 0. The van der Waals surface area contributed by atoms with E-state index in [2.05, 4.69) is 15.0 Å². The fourth-order valence-corrected chi connectivity index (χ4v) is 2.98. The highest BCUT2D eigenvalue weighted by Crippen LogP contribution is 2.28. The van der Waals surface area contributed by atoms with E-state index in [1.165, 1.54) is 0 Å². The molecule has 1 aromatic carbocycles. The summed E-state index contributed by atoms with van der Waals surface area (Å²) in [5.41, 5.74) is 0.851. The Morgan fingerprint density at radius 3 is 3.04 bits per heavy atom. The van der Waals surface area contributed by atoms with Crippen LogP contribution in [0.3, 0.4) is 0 Å². The van der Waals surface area contributed by atoms with E-state index in [-0.39, 0.29) is 6.04 Å². The highest BCUT2D eigenvalue weighted by Gasteiger charge is 2.30. The van der Waals surface area contributed by atoms with Crippen LogP contribution in [-0.2, 0) is 11.3 Å². The number of methoxy groups -OCH3 is 1. The molecule has 3 aromatic rings. The van der Waals surface area contributed by atoms with Gasteiger partial charge in [0.25, 0.3) is 0 Å². The van der Waals surface area contributed by atoms with Crippen LogP contribution >= 0.6 is 0 Å². The lowest BCUT2D eigenvalue weighted by atomic mass is 10.2. The van der Waals surface area contributed by atoms with Crippen molar-refractivity contribution in [2.24, 2.45) is 0 Å². The van der Waals surface area contributed by atoms with Crippen LogP contribution in [0.1, 0.15) is 23.5 Å². The van der Waals surface area contributed by atoms with E-state index in [1.807, 2.05) is 31.2 Å². The van der Waals surface area contributed by atoms with Crippen molar-refractivity contribution >= 4 is 11.0 Å². The Hall–Kier alpha value is -2.38. The summed E-state index contributed by atoms with van der Waals surface area (Å²) in [6.45, 7) is 4.47. The van der Waals surface area contributed by atoms with E-state index in [0.717, 1.165) is 29.0 Å². The molecule has 1 aliphatic rings. The lowest BCUT2D eigenvalue weighted by Crippen LogP contribution is -2.39. The molecule has 24 heavy (non-hydrogen) atoms. The molecule has 0 radical (unpaired) electrons. The minimum absolute atomic E-state index is 0.0531. The summed E-state index contributed by atoms with van der Waals surface area (Å²) < 4.78 is 22.1.